The van der Waals surface area contributed by atoms with E-state index in [1.165, 1.54) is 0 Å². The summed E-state index contributed by atoms with van der Waals surface area (Å²) in [5.74, 6) is 0.248. The van der Waals surface area contributed by atoms with E-state index in [0.717, 1.165) is 16.7 Å². The van der Waals surface area contributed by atoms with Crippen LogP contribution in [0.3, 0.4) is 0 Å². The van der Waals surface area contributed by atoms with Gasteiger partial charge in [-0.15, -0.1) is 0 Å². The molecule has 0 heterocycles. The molecule has 1 atom stereocenters. The van der Waals surface area contributed by atoms with Gasteiger partial charge in [0.1, 0.15) is 11.8 Å². The predicted molar refractivity (Wildman–Crippen MR) is 102 cm³/mol. The lowest BCUT2D eigenvalue weighted by Crippen LogP contribution is -2.48. The molecule has 0 saturated carbocycles. The Balaban J connectivity index is 2.14. The van der Waals surface area contributed by atoms with Crippen LogP contribution in [0.1, 0.15) is 23.6 Å². The summed E-state index contributed by atoms with van der Waals surface area (Å²) >= 11 is 0. The Morgan fingerprint density at radius 3 is 2.46 bits per heavy atom. The van der Waals surface area contributed by atoms with Gasteiger partial charge in [-0.05, 0) is 43.5 Å². The largest absolute Gasteiger partial charge is 0.483 e. The molecule has 0 radical (unpaired) electrons. The molecule has 26 heavy (non-hydrogen) atoms. The fourth-order valence-corrected chi connectivity index (χ4v) is 2.66. The molecule has 2 aromatic carbocycles. The zero-order valence-electron chi connectivity index (χ0n) is 15.8. The zero-order chi connectivity index (χ0) is 19.1. The van der Waals surface area contributed by atoms with Gasteiger partial charge in [-0.3, -0.25) is 9.59 Å². The lowest BCUT2D eigenvalue weighted by atomic mass is 10.1. The monoisotopic (exact) mass is 354 g/mol. The van der Waals surface area contributed by atoms with Gasteiger partial charge in [0.15, 0.2) is 6.61 Å². The molecule has 2 amide bonds. The van der Waals surface area contributed by atoms with E-state index in [4.69, 9.17) is 4.74 Å². The highest BCUT2D eigenvalue weighted by molar-refractivity contribution is 5.87. The number of likely N-dealkylation sites (N-methyl/N-ethyl adjacent to an activating group) is 1. The second kappa shape index (κ2) is 9.04. The Morgan fingerprint density at radius 2 is 1.81 bits per heavy atom. The van der Waals surface area contributed by atoms with Crippen LogP contribution < -0.4 is 10.1 Å². The van der Waals surface area contributed by atoms with Crippen LogP contribution >= 0.6 is 0 Å². The third-order valence-electron chi connectivity index (χ3n) is 4.30. The molecule has 0 saturated heterocycles. The highest BCUT2D eigenvalue weighted by Gasteiger charge is 2.25. The van der Waals surface area contributed by atoms with E-state index < -0.39 is 6.04 Å². The topological polar surface area (TPSA) is 58.6 Å². The van der Waals surface area contributed by atoms with Crippen LogP contribution in [0.25, 0.3) is 0 Å². The molecular formula is C21H26N2O3. The van der Waals surface area contributed by atoms with Crippen molar-refractivity contribution in [2.24, 2.45) is 0 Å². The van der Waals surface area contributed by atoms with Gasteiger partial charge < -0.3 is 15.0 Å². The zero-order valence-corrected chi connectivity index (χ0v) is 15.8. The number of aryl methyl sites for hydroxylation is 2. The number of ether oxygens (including phenoxy) is 1. The van der Waals surface area contributed by atoms with Gasteiger partial charge in [-0.25, -0.2) is 0 Å². The summed E-state index contributed by atoms with van der Waals surface area (Å²) in [6.07, 6.45) is 0. The standard InChI is InChI=1S/C21H26N2O3/c1-15-10-11-16(2)19(12-15)26-14-20(24)23(17(3)21(25)22-4)13-18-8-6-5-7-9-18/h5-12,17H,13-14H2,1-4H3,(H,22,25)/t17-/m0/s1. The molecule has 2 aromatic rings. The first kappa shape index (κ1) is 19.5. The third-order valence-corrected chi connectivity index (χ3v) is 4.30. The minimum Gasteiger partial charge on any atom is -0.483 e. The minimum atomic E-state index is -0.588. The van der Waals surface area contributed by atoms with Crippen molar-refractivity contribution in [2.45, 2.75) is 33.4 Å². The summed E-state index contributed by atoms with van der Waals surface area (Å²) in [7, 11) is 1.57. The molecule has 5 heteroatoms. The maximum atomic E-state index is 12.8. The molecule has 0 spiro atoms. The third kappa shape index (κ3) is 5.09. The van der Waals surface area contributed by atoms with Crippen molar-refractivity contribution in [3.8, 4) is 5.75 Å². The molecule has 2 rings (SSSR count). The molecule has 5 nitrogen and oxygen atoms in total. The van der Waals surface area contributed by atoms with Gasteiger partial charge in [0.05, 0.1) is 0 Å². The second-order valence-electron chi connectivity index (χ2n) is 6.36. The van der Waals surface area contributed by atoms with E-state index in [0.29, 0.717) is 12.3 Å². The van der Waals surface area contributed by atoms with E-state index in [9.17, 15) is 9.59 Å². The summed E-state index contributed by atoms with van der Waals surface area (Å²) in [5, 5.41) is 2.60. The van der Waals surface area contributed by atoms with Crippen LogP contribution in [0.2, 0.25) is 0 Å². The van der Waals surface area contributed by atoms with Crippen molar-refractivity contribution in [3.05, 3.63) is 65.2 Å². The SMILES string of the molecule is CNC(=O)[C@H](C)N(Cc1ccccc1)C(=O)COc1cc(C)ccc1C. The van der Waals surface area contributed by atoms with Crippen LogP contribution in [0, 0.1) is 13.8 Å². The molecular weight excluding hydrogens is 328 g/mol. The minimum absolute atomic E-state index is 0.113. The molecule has 0 aliphatic rings. The Hall–Kier alpha value is -2.82. The number of hydrogen-bond donors (Lipinski definition) is 1. The van der Waals surface area contributed by atoms with E-state index >= 15 is 0 Å². The summed E-state index contributed by atoms with van der Waals surface area (Å²) in [4.78, 5) is 26.4. The number of benzene rings is 2. The van der Waals surface area contributed by atoms with Crippen molar-refractivity contribution in [3.63, 3.8) is 0 Å². The molecule has 0 unspecified atom stereocenters. The summed E-state index contributed by atoms with van der Waals surface area (Å²) in [6.45, 7) is 5.87. The normalized spacial score (nSPS) is 11.5. The first-order valence-corrected chi connectivity index (χ1v) is 8.67. The first-order chi connectivity index (χ1) is 12.4. The summed E-state index contributed by atoms with van der Waals surface area (Å²) in [5.41, 5.74) is 3.00. The Morgan fingerprint density at radius 1 is 1.12 bits per heavy atom. The molecule has 0 aliphatic carbocycles. The Bertz CT molecular complexity index is 759. The molecule has 0 aromatic heterocycles. The number of amides is 2. The van der Waals surface area contributed by atoms with Gasteiger partial charge in [0.25, 0.3) is 5.91 Å². The lowest BCUT2D eigenvalue weighted by Gasteiger charge is -2.28. The van der Waals surface area contributed by atoms with Crippen LogP contribution in [0.5, 0.6) is 5.75 Å². The maximum absolute atomic E-state index is 12.8. The fourth-order valence-electron chi connectivity index (χ4n) is 2.66. The van der Waals surface area contributed by atoms with Crippen molar-refractivity contribution in [2.75, 3.05) is 13.7 Å². The lowest BCUT2D eigenvalue weighted by molar-refractivity contribution is -0.142. The molecule has 1 N–H and O–H groups in total. The summed E-state index contributed by atoms with van der Waals surface area (Å²) in [6, 6.07) is 14.9. The van der Waals surface area contributed by atoms with Crippen molar-refractivity contribution in [1.82, 2.24) is 10.2 Å². The van der Waals surface area contributed by atoms with Crippen LogP contribution in [0.15, 0.2) is 48.5 Å². The number of carbonyl (C=O) groups is 2. The first-order valence-electron chi connectivity index (χ1n) is 8.67. The van der Waals surface area contributed by atoms with Gasteiger partial charge in [-0.1, -0.05) is 42.5 Å². The van der Waals surface area contributed by atoms with Gasteiger partial charge in [0, 0.05) is 13.6 Å². The average Bonchev–Trinajstić information content (AvgIpc) is 2.66. The number of nitrogens with one attached hydrogen (secondary N) is 1. The van der Waals surface area contributed by atoms with Gasteiger partial charge in [0.2, 0.25) is 5.91 Å². The van der Waals surface area contributed by atoms with Gasteiger partial charge >= 0.3 is 0 Å². The average molecular weight is 354 g/mol. The van der Waals surface area contributed by atoms with Gasteiger partial charge in [-0.2, -0.15) is 0 Å². The smallest absolute Gasteiger partial charge is 0.261 e. The Kier molecular flexibility index (Phi) is 6.78. The Labute approximate surface area is 155 Å². The predicted octanol–water partition coefficient (Wildman–Crippen LogP) is 2.85. The highest BCUT2D eigenvalue weighted by Crippen LogP contribution is 2.19. The molecule has 0 bridgehead atoms. The van der Waals surface area contributed by atoms with Crippen LogP contribution in [-0.2, 0) is 16.1 Å². The van der Waals surface area contributed by atoms with E-state index in [2.05, 4.69) is 5.32 Å². The van der Waals surface area contributed by atoms with Crippen molar-refractivity contribution >= 4 is 11.8 Å². The molecule has 0 fully saturated rings. The van der Waals surface area contributed by atoms with E-state index in [1.807, 2.05) is 62.4 Å². The number of hydrogen-bond acceptors (Lipinski definition) is 3. The van der Waals surface area contributed by atoms with E-state index in [1.54, 1.807) is 18.9 Å². The highest BCUT2D eigenvalue weighted by atomic mass is 16.5. The van der Waals surface area contributed by atoms with Crippen LogP contribution in [0.4, 0.5) is 0 Å². The van der Waals surface area contributed by atoms with Crippen molar-refractivity contribution in [1.29, 1.82) is 0 Å². The van der Waals surface area contributed by atoms with Crippen LogP contribution in [-0.4, -0.2) is 36.4 Å². The number of nitrogens with zero attached hydrogens (tertiary/aromatic N) is 1. The summed E-state index contributed by atoms with van der Waals surface area (Å²) < 4.78 is 5.74. The maximum Gasteiger partial charge on any atom is 0.261 e. The fraction of sp³-hybridized carbons (Fsp3) is 0.333. The number of rotatable bonds is 7. The quantitative estimate of drug-likeness (QED) is 0.832. The van der Waals surface area contributed by atoms with Crippen molar-refractivity contribution < 1.29 is 14.3 Å². The second-order valence-corrected chi connectivity index (χ2v) is 6.36. The molecule has 0 aliphatic heterocycles. The van der Waals surface area contributed by atoms with E-state index in [-0.39, 0.29) is 18.4 Å². The number of carbonyl (C=O) groups excluding carboxylic acids is 2. The molecule has 138 valence electrons.